The van der Waals surface area contributed by atoms with Crippen molar-refractivity contribution in [2.24, 2.45) is 0 Å². The predicted octanol–water partition coefficient (Wildman–Crippen LogP) is 4.31. The number of nitrogens with two attached hydrogens (primary N) is 1. The SMILES string of the molecule is Cc1cc(-n2ncc(C(=O)c3cc4cc(F)c(NS(C)(=O)=O)cc4[nH]3)c2N)cnc1Oc1ccccc1F. The third-order valence-electron chi connectivity index (χ3n) is 5.60. The number of hydrogen-bond acceptors (Lipinski definition) is 7. The number of sulfonamides is 1. The quantitative estimate of drug-likeness (QED) is 0.262. The van der Waals surface area contributed by atoms with Crippen molar-refractivity contribution in [1.82, 2.24) is 19.7 Å². The Morgan fingerprint density at radius 1 is 1.11 bits per heavy atom. The summed E-state index contributed by atoms with van der Waals surface area (Å²) < 4.78 is 60.2. The largest absolute Gasteiger partial charge is 0.436 e. The van der Waals surface area contributed by atoms with Crippen molar-refractivity contribution in [2.75, 3.05) is 16.7 Å². The van der Waals surface area contributed by atoms with E-state index < -0.39 is 27.4 Å². The Hall–Kier alpha value is -4.78. The predicted molar refractivity (Wildman–Crippen MR) is 137 cm³/mol. The Labute approximate surface area is 215 Å². The van der Waals surface area contributed by atoms with Gasteiger partial charge >= 0.3 is 0 Å². The maximum Gasteiger partial charge on any atom is 0.229 e. The zero-order chi connectivity index (χ0) is 27.2. The summed E-state index contributed by atoms with van der Waals surface area (Å²) in [5.74, 6) is -1.58. The lowest BCUT2D eigenvalue weighted by Gasteiger charge is -2.10. The number of aryl methyl sites for hydroxylation is 1. The molecule has 4 N–H and O–H groups in total. The van der Waals surface area contributed by atoms with E-state index in [-0.39, 0.29) is 34.4 Å². The fourth-order valence-corrected chi connectivity index (χ4v) is 4.39. The van der Waals surface area contributed by atoms with Crippen molar-refractivity contribution in [3.63, 3.8) is 0 Å². The van der Waals surface area contributed by atoms with Gasteiger partial charge in [0, 0.05) is 16.5 Å². The van der Waals surface area contributed by atoms with Crippen molar-refractivity contribution in [3.05, 3.63) is 89.4 Å². The maximum atomic E-state index is 14.3. The number of halogens is 2. The molecule has 0 spiro atoms. The van der Waals surface area contributed by atoms with Gasteiger partial charge in [-0.1, -0.05) is 12.1 Å². The number of pyridine rings is 1. The average Bonchev–Trinajstić information content (AvgIpc) is 3.43. The summed E-state index contributed by atoms with van der Waals surface area (Å²) in [6, 6.07) is 11.4. The van der Waals surface area contributed by atoms with Crippen molar-refractivity contribution < 1.29 is 26.7 Å². The van der Waals surface area contributed by atoms with Crippen LogP contribution in [0.15, 0.2) is 60.9 Å². The monoisotopic (exact) mass is 538 g/mol. The summed E-state index contributed by atoms with van der Waals surface area (Å²) >= 11 is 0. The molecule has 2 aromatic carbocycles. The molecule has 0 fully saturated rings. The second-order valence-electron chi connectivity index (χ2n) is 8.51. The highest BCUT2D eigenvalue weighted by molar-refractivity contribution is 7.92. The van der Waals surface area contributed by atoms with E-state index >= 15 is 0 Å². The molecular weight excluding hydrogens is 518 g/mol. The third-order valence-corrected chi connectivity index (χ3v) is 6.19. The number of ketones is 1. The van der Waals surface area contributed by atoms with E-state index in [2.05, 4.69) is 19.8 Å². The minimum Gasteiger partial charge on any atom is -0.436 e. The van der Waals surface area contributed by atoms with Crippen LogP contribution >= 0.6 is 0 Å². The number of aromatic amines is 1. The first kappa shape index (κ1) is 24.9. The van der Waals surface area contributed by atoms with Crippen molar-refractivity contribution in [1.29, 1.82) is 0 Å². The minimum atomic E-state index is -3.70. The highest BCUT2D eigenvalue weighted by Crippen LogP contribution is 2.29. The molecule has 0 aliphatic rings. The molecule has 194 valence electrons. The number of anilines is 2. The molecular formula is C25H20F2N6O4S. The van der Waals surface area contributed by atoms with Crippen LogP contribution < -0.4 is 15.2 Å². The molecule has 3 aromatic heterocycles. The molecule has 10 nitrogen and oxygen atoms in total. The molecule has 5 rings (SSSR count). The molecule has 0 atom stereocenters. The van der Waals surface area contributed by atoms with Crippen LogP contribution in [0.3, 0.4) is 0 Å². The van der Waals surface area contributed by atoms with Gasteiger partial charge in [0.1, 0.15) is 11.6 Å². The standard InChI is InChI=1S/C25H20F2N6O4S/c1-13-7-15(11-29-25(13)37-22-6-4-3-5-17(22)26)33-24(28)16(12-30-33)23(34)21-9-14-8-18(27)20(10-19(14)31-21)32-38(2,35)36/h3-12,31-32H,28H2,1-2H3. The lowest BCUT2D eigenvalue weighted by atomic mass is 10.1. The number of para-hydroxylation sites is 1. The van der Waals surface area contributed by atoms with E-state index in [9.17, 15) is 22.0 Å². The molecule has 38 heavy (non-hydrogen) atoms. The Morgan fingerprint density at radius 2 is 1.87 bits per heavy atom. The number of nitrogens with zero attached hydrogens (tertiary/aromatic N) is 3. The highest BCUT2D eigenvalue weighted by atomic mass is 32.2. The Morgan fingerprint density at radius 3 is 2.58 bits per heavy atom. The summed E-state index contributed by atoms with van der Waals surface area (Å²) in [4.78, 5) is 20.3. The number of benzene rings is 2. The van der Waals surface area contributed by atoms with Gasteiger partial charge in [-0.3, -0.25) is 9.52 Å². The molecule has 3 heterocycles. The number of rotatable bonds is 7. The van der Waals surface area contributed by atoms with Crippen LogP contribution in [0.2, 0.25) is 0 Å². The number of carbonyl (C=O) groups is 1. The van der Waals surface area contributed by atoms with Gasteiger partial charge in [0.2, 0.25) is 21.7 Å². The first-order valence-electron chi connectivity index (χ1n) is 11.1. The van der Waals surface area contributed by atoms with Crippen LogP contribution in [0.1, 0.15) is 21.6 Å². The average molecular weight is 539 g/mol. The molecule has 0 amide bonds. The van der Waals surface area contributed by atoms with Gasteiger partial charge in [-0.05, 0) is 43.3 Å². The van der Waals surface area contributed by atoms with E-state index in [4.69, 9.17) is 10.5 Å². The second kappa shape index (κ2) is 9.27. The number of ether oxygens (including phenoxy) is 1. The molecule has 0 radical (unpaired) electrons. The van der Waals surface area contributed by atoms with Crippen LogP contribution in [-0.2, 0) is 10.0 Å². The van der Waals surface area contributed by atoms with Crippen molar-refractivity contribution >= 4 is 38.2 Å². The molecule has 5 aromatic rings. The number of carbonyl (C=O) groups excluding carboxylic acids is 1. The van der Waals surface area contributed by atoms with Crippen molar-refractivity contribution in [3.8, 4) is 17.3 Å². The fraction of sp³-hybridized carbons (Fsp3) is 0.0800. The first-order chi connectivity index (χ1) is 18.0. The summed E-state index contributed by atoms with van der Waals surface area (Å²) in [6.07, 6.45) is 3.61. The molecule has 0 bridgehead atoms. The van der Waals surface area contributed by atoms with E-state index in [0.29, 0.717) is 22.2 Å². The van der Waals surface area contributed by atoms with Crippen LogP contribution in [0, 0.1) is 18.6 Å². The lowest BCUT2D eigenvalue weighted by molar-refractivity contribution is 0.103. The zero-order valence-corrected chi connectivity index (χ0v) is 20.8. The fourth-order valence-electron chi connectivity index (χ4n) is 3.84. The number of hydrogen-bond donors (Lipinski definition) is 3. The highest BCUT2D eigenvalue weighted by Gasteiger charge is 2.21. The molecule has 0 saturated carbocycles. The normalized spacial score (nSPS) is 11.6. The zero-order valence-electron chi connectivity index (χ0n) is 20.0. The lowest BCUT2D eigenvalue weighted by Crippen LogP contribution is -2.10. The van der Waals surface area contributed by atoms with Gasteiger partial charge in [-0.15, -0.1) is 0 Å². The van der Waals surface area contributed by atoms with Gasteiger partial charge in [0.05, 0.1) is 41.3 Å². The van der Waals surface area contributed by atoms with E-state index in [1.54, 1.807) is 25.1 Å². The summed E-state index contributed by atoms with van der Waals surface area (Å²) in [7, 11) is -3.70. The molecule has 0 aliphatic heterocycles. The summed E-state index contributed by atoms with van der Waals surface area (Å²) in [5, 5.41) is 4.57. The number of fused-ring (bicyclic) bond motifs is 1. The van der Waals surface area contributed by atoms with Gasteiger partial charge in [-0.2, -0.15) is 5.10 Å². The summed E-state index contributed by atoms with van der Waals surface area (Å²) in [5.41, 5.74) is 7.53. The molecule has 0 saturated heterocycles. The van der Waals surface area contributed by atoms with E-state index in [1.807, 2.05) is 0 Å². The van der Waals surface area contributed by atoms with Gasteiger partial charge in [0.15, 0.2) is 11.6 Å². The number of H-pyrrole nitrogens is 1. The number of aromatic nitrogens is 4. The maximum absolute atomic E-state index is 14.3. The second-order valence-corrected chi connectivity index (χ2v) is 10.3. The third kappa shape index (κ3) is 4.78. The molecule has 13 heteroatoms. The Kier molecular flexibility index (Phi) is 6.07. The summed E-state index contributed by atoms with van der Waals surface area (Å²) in [6.45, 7) is 1.72. The smallest absolute Gasteiger partial charge is 0.229 e. The Bertz CT molecular complexity index is 1830. The van der Waals surface area contributed by atoms with E-state index in [0.717, 1.165) is 12.3 Å². The van der Waals surface area contributed by atoms with Gasteiger partial charge in [0.25, 0.3) is 0 Å². The topological polar surface area (TPSA) is 145 Å². The number of nitrogen functional groups attached to an aromatic ring is 1. The number of nitrogens with one attached hydrogen (secondary N) is 2. The van der Waals surface area contributed by atoms with Crippen LogP contribution in [0.5, 0.6) is 11.6 Å². The minimum absolute atomic E-state index is 0.0276. The van der Waals surface area contributed by atoms with Crippen LogP contribution in [-0.4, -0.2) is 40.2 Å². The van der Waals surface area contributed by atoms with Crippen molar-refractivity contribution in [2.45, 2.75) is 6.92 Å². The molecule has 0 unspecified atom stereocenters. The Balaban J connectivity index is 1.43. The van der Waals surface area contributed by atoms with E-state index in [1.165, 1.54) is 41.3 Å². The van der Waals surface area contributed by atoms with Gasteiger partial charge in [-0.25, -0.2) is 26.9 Å². The van der Waals surface area contributed by atoms with Gasteiger partial charge < -0.3 is 15.5 Å². The van der Waals surface area contributed by atoms with Crippen LogP contribution in [0.4, 0.5) is 20.3 Å². The molecule has 0 aliphatic carbocycles. The first-order valence-corrected chi connectivity index (χ1v) is 13.0. The van der Waals surface area contributed by atoms with Crippen LogP contribution in [0.25, 0.3) is 16.6 Å².